The molecule has 0 atom stereocenters. The van der Waals surface area contributed by atoms with E-state index >= 15 is 0 Å². The van der Waals surface area contributed by atoms with Crippen molar-refractivity contribution >= 4 is 5.69 Å². The van der Waals surface area contributed by atoms with Crippen LogP contribution in [0.15, 0.2) is 91.1 Å². The Morgan fingerprint density at radius 2 is 1.44 bits per heavy atom. The Morgan fingerprint density at radius 1 is 0.815 bits per heavy atom. The van der Waals surface area contributed by atoms with E-state index in [-0.39, 0.29) is 5.69 Å². The molecule has 0 amide bonds. The highest BCUT2D eigenvalue weighted by molar-refractivity contribution is 5.66. The Labute approximate surface area is 156 Å². The zero-order chi connectivity index (χ0) is 18.6. The van der Waals surface area contributed by atoms with Gasteiger partial charge in [0, 0.05) is 36.0 Å². The van der Waals surface area contributed by atoms with E-state index in [1.807, 2.05) is 54.7 Å². The molecule has 0 spiro atoms. The van der Waals surface area contributed by atoms with E-state index < -0.39 is 4.92 Å². The third-order valence-electron chi connectivity index (χ3n) is 4.38. The van der Waals surface area contributed by atoms with Crippen molar-refractivity contribution < 1.29 is 4.92 Å². The van der Waals surface area contributed by atoms with Crippen LogP contribution in [0.2, 0.25) is 0 Å². The summed E-state index contributed by atoms with van der Waals surface area (Å²) in [5, 5.41) is 10.9. The maximum atomic E-state index is 10.9. The van der Waals surface area contributed by atoms with Crippen molar-refractivity contribution in [1.29, 1.82) is 0 Å². The average molecular weight is 355 g/mol. The van der Waals surface area contributed by atoms with E-state index in [9.17, 15) is 10.1 Å². The molecule has 5 heteroatoms. The molecule has 0 aliphatic rings. The van der Waals surface area contributed by atoms with Crippen LogP contribution in [0.25, 0.3) is 22.6 Å². The van der Waals surface area contributed by atoms with Crippen LogP contribution >= 0.6 is 0 Å². The molecule has 5 nitrogen and oxygen atoms in total. The first kappa shape index (κ1) is 16.7. The predicted molar refractivity (Wildman–Crippen MR) is 105 cm³/mol. The number of nitro groups is 1. The topological polar surface area (TPSA) is 61.0 Å². The Morgan fingerprint density at radius 3 is 2.07 bits per heavy atom. The largest absolute Gasteiger partial charge is 0.326 e. The first-order valence-electron chi connectivity index (χ1n) is 8.62. The van der Waals surface area contributed by atoms with Gasteiger partial charge in [-0.25, -0.2) is 4.98 Å². The summed E-state index contributed by atoms with van der Waals surface area (Å²) in [4.78, 5) is 15.3. The van der Waals surface area contributed by atoms with Crippen LogP contribution in [0.1, 0.15) is 5.56 Å². The van der Waals surface area contributed by atoms with E-state index in [1.54, 1.807) is 12.1 Å². The first-order chi connectivity index (χ1) is 13.2. The number of non-ortho nitro benzene ring substituents is 1. The smallest absolute Gasteiger partial charge is 0.269 e. The van der Waals surface area contributed by atoms with Gasteiger partial charge in [-0.05, 0) is 17.7 Å². The molecule has 0 N–H and O–H groups in total. The van der Waals surface area contributed by atoms with Crippen LogP contribution in [-0.4, -0.2) is 14.5 Å². The highest BCUT2D eigenvalue weighted by atomic mass is 16.6. The highest BCUT2D eigenvalue weighted by Gasteiger charge is 2.13. The molecule has 0 saturated heterocycles. The van der Waals surface area contributed by atoms with E-state index in [0.717, 1.165) is 22.6 Å². The van der Waals surface area contributed by atoms with Gasteiger partial charge in [0.05, 0.1) is 10.6 Å². The maximum Gasteiger partial charge on any atom is 0.269 e. The fourth-order valence-corrected chi connectivity index (χ4v) is 3.03. The standard InChI is InChI=1S/C22H17N3O2/c26-25(27)20-13-11-18(12-14-20)21-16-24(15-17-7-3-1-4-8-17)22(23-21)19-9-5-2-6-10-19/h1-14,16H,15H2. The summed E-state index contributed by atoms with van der Waals surface area (Å²) >= 11 is 0. The van der Waals surface area contributed by atoms with Gasteiger partial charge in [-0.15, -0.1) is 0 Å². The molecule has 1 aromatic heterocycles. The summed E-state index contributed by atoms with van der Waals surface area (Å²) in [5.41, 5.74) is 3.93. The lowest BCUT2D eigenvalue weighted by Crippen LogP contribution is -2.00. The van der Waals surface area contributed by atoms with Crippen molar-refractivity contribution in [3.63, 3.8) is 0 Å². The Balaban J connectivity index is 1.76. The second-order valence-corrected chi connectivity index (χ2v) is 6.23. The van der Waals surface area contributed by atoms with Crippen molar-refractivity contribution in [1.82, 2.24) is 9.55 Å². The SMILES string of the molecule is O=[N+]([O-])c1ccc(-c2cn(Cc3ccccc3)c(-c3ccccc3)n2)cc1. The highest BCUT2D eigenvalue weighted by Crippen LogP contribution is 2.27. The van der Waals surface area contributed by atoms with Crippen molar-refractivity contribution in [2.24, 2.45) is 0 Å². The summed E-state index contributed by atoms with van der Waals surface area (Å²) < 4.78 is 2.11. The van der Waals surface area contributed by atoms with Gasteiger partial charge in [-0.1, -0.05) is 60.7 Å². The van der Waals surface area contributed by atoms with Gasteiger partial charge in [0.1, 0.15) is 5.82 Å². The van der Waals surface area contributed by atoms with Gasteiger partial charge in [0.2, 0.25) is 0 Å². The zero-order valence-corrected chi connectivity index (χ0v) is 14.5. The van der Waals surface area contributed by atoms with E-state index in [1.165, 1.54) is 17.7 Å². The second-order valence-electron chi connectivity index (χ2n) is 6.23. The lowest BCUT2D eigenvalue weighted by molar-refractivity contribution is -0.384. The molecule has 0 unspecified atom stereocenters. The maximum absolute atomic E-state index is 10.9. The third kappa shape index (κ3) is 3.62. The first-order valence-corrected chi connectivity index (χ1v) is 8.62. The van der Waals surface area contributed by atoms with Crippen molar-refractivity contribution in [3.05, 3.63) is 107 Å². The summed E-state index contributed by atoms with van der Waals surface area (Å²) in [6.07, 6.45) is 2.00. The molecule has 1 heterocycles. The minimum atomic E-state index is -0.396. The molecule has 0 saturated carbocycles. The van der Waals surface area contributed by atoms with Crippen LogP contribution in [0.3, 0.4) is 0 Å². The molecule has 0 aliphatic heterocycles. The number of rotatable bonds is 5. The fourth-order valence-electron chi connectivity index (χ4n) is 3.03. The van der Waals surface area contributed by atoms with Crippen LogP contribution in [0, 0.1) is 10.1 Å². The third-order valence-corrected chi connectivity index (χ3v) is 4.38. The molecule has 4 rings (SSSR count). The number of benzene rings is 3. The van der Waals surface area contributed by atoms with Crippen molar-refractivity contribution in [3.8, 4) is 22.6 Å². The summed E-state index contributed by atoms with van der Waals surface area (Å²) in [7, 11) is 0. The lowest BCUT2D eigenvalue weighted by Gasteiger charge is -2.07. The summed E-state index contributed by atoms with van der Waals surface area (Å²) in [5.74, 6) is 0.868. The van der Waals surface area contributed by atoms with Crippen LogP contribution in [0.4, 0.5) is 5.69 Å². The van der Waals surface area contributed by atoms with E-state index in [0.29, 0.717) is 6.54 Å². The molecule has 3 aromatic carbocycles. The molecule has 0 fully saturated rings. The monoisotopic (exact) mass is 355 g/mol. The second kappa shape index (κ2) is 7.25. The van der Waals surface area contributed by atoms with Gasteiger partial charge in [-0.2, -0.15) is 0 Å². The zero-order valence-electron chi connectivity index (χ0n) is 14.5. The summed E-state index contributed by atoms with van der Waals surface area (Å²) in [6.45, 7) is 0.699. The van der Waals surface area contributed by atoms with Gasteiger partial charge < -0.3 is 4.57 Å². The van der Waals surface area contributed by atoms with Crippen LogP contribution in [-0.2, 0) is 6.54 Å². The number of aromatic nitrogens is 2. The molecule has 0 bridgehead atoms. The molecule has 4 aromatic rings. The minimum absolute atomic E-state index is 0.0748. The Hall–Kier alpha value is -3.73. The van der Waals surface area contributed by atoms with Gasteiger partial charge >= 0.3 is 0 Å². The Kier molecular flexibility index (Phi) is 4.49. The van der Waals surface area contributed by atoms with Gasteiger partial charge in [0.15, 0.2) is 0 Å². The molecule has 132 valence electrons. The average Bonchev–Trinajstić information content (AvgIpc) is 3.13. The molecule has 0 aliphatic carbocycles. The molecule has 0 radical (unpaired) electrons. The van der Waals surface area contributed by atoms with E-state index in [4.69, 9.17) is 4.98 Å². The van der Waals surface area contributed by atoms with Crippen molar-refractivity contribution in [2.45, 2.75) is 6.54 Å². The van der Waals surface area contributed by atoms with Gasteiger partial charge in [-0.3, -0.25) is 10.1 Å². The molecular formula is C22H17N3O2. The number of nitrogens with zero attached hydrogens (tertiary/aromatic N) is 3. The number of hydrogen-bond acceptors (Lipinski definition) is 3. The normalized spacial score (nSPS) is 10.7. The van der Waals surface area contributed by atoms with Gasteiger partial charge in [0.25, 0.3) is 5.69 Å². The van der Waals surface area contributed by atoms with Crippen LogP contribution < -0.4 is 0 Å². The number of imidazole rings is 1. The lowest BCUT2D eigenvalue weighted by atomic mass is 10.1. The minimum Gasteiger partial charge on any atom is -0.326 e. The molecular weight excluding hydrogens is 338 g/mol. The number of hydrogen-bond donors (Lipinski definition) is 0. The number of nitro benzene ring substituents is 1. The van der Waals surface area contributed by atoms with Crippen LogP contribution in [0.5, 0.6) is 0 Å². The summed E-state index contributed by atoms with van der Waals surface area (Å²) in [6, 6.07) is 26.7. The Bertz CT molecular complexity index is 1060. The predicted octanol–water partition coefficient (Wildman–Crippen LogP) is 5.17. The van der Waals surface area contributed by atoms with Crippen molar-refractivity contribution in [2.75, 3.05) is 0 Å². The molecule has 27 heavy (non-hydrogen) atoms. The van der Waals surface area contributed by atoms with E-state index in [2.05, 4.69) is 16.7 Å². The quantitative estimate of drug-likeness (QED) is 0.366. The fraction of sp³-hybridized carbons (Fsp3) is 0.0455.